The lowest BCUT2D eigenvalue weighted by Crippen LogP contribution is -2.44. The van der Waals surface area contributed by atoms with E-state index in [2.05, 4.69) is 29.6 Å². The van der Waals surface area contributed by atoms with Crippen molar-refractivity contribution in [2.45, 2.75) is 45.9 Å². The van der Waals surface area contributed by atoms with E-state index in [1.807, 2.05) is 43.9 Å². The van der Waals surface area contributed by atoms with Crippen molar-refractivity contribution in [3.8, 4) is 0 Å². The Morgan fingerprint density at radius 1 is 1.08 bits per heavy atom. The standard InChI is InChI=1S/C20H28N2O2/c1-14(2)22(12-15(3)23)13-20(24)21-16(4)18-11-7-9-17-8-5-6-10-19(17)18/h5-11,14-16,23H,12-13H2,1-4H3,(H,21,24). The molecule has 4 nitrogen and oxygen atoms in total. The van der Waals surface area contributed by atoms with Crippen LogP contribution in [0.1, 0.15) is 39.3 Å². The molecule has 0 aliphatic heterocycles. The van der Waals surface area contributed by atoms with Gasteiger partial charge in [0.2, 0.25) is 5.91 Å². The highest BCUT2D eigenvalue weighted by atomic mass is 16.3. The molecule has 0 heterocycles. The first-order valence-electron chi connectivity index (χ1n) is 8.57. The lowest BCUT2D eigenvalue weighted by atomic mass is 10.00. The van der Waals surface area contributed by atoms with Crippen LogP contribution in [0.25, 0.3) is 10.8 Å². The minimum absolute atomic E-state index is 0.0233. The molecule has 0 bridgehead atoms. The van der Waals surface area contributed by atoms with Gasteiger partial charge in [0.05, 0.1) is 18.7 Å². The summed E-state index contributed by atoms with van der Waals surface area (Å²) in [6.07, 6.45) is -0.448. The Balaban J connectivity index is 2.07. The Morgan fingerprint density at radius 2 is 1.75 bits per heavy atom. The first kappa shape index (κ1) is 18.4. The molecule has 0 fully saturated rings. The molecule has 2 unspecified atom stereocenters. The summed E-state index contributed by atoms with van der Waals surface area (Å²) in [6, 6.07) is 14.5. The lowest BCUT2D eigenvalue weighted by Gasteiger charge is -2.27. The number of hydrogen-bond acceptors (Lipinski definition) is 3. The number of fused-ring (bicyclic) bond motifs is 1. The van der Waals surface area contributed by atoms with E-state index in [0.717, 1.165) is 10.9 Å². The van der Waals surface area contributed by atoms with Crippen molar-refractivity contribution in [3.63, 3.8) is 0 Å². The van der Waals surface area contributed by atoms with E-state index in [0.29, 0.717) is 6.54 Å². The molecule has 0 saturated heterocycles. The van der Waals surface area contributed by atoms with Gasteiger partial charge in [0.1, 0.15) is 0 Å². The monoisotopic (exact) mass is 328 g/mol. The van der Waals surface area contributed by atoms with Crippen LogP contribution in [-0.4, -0.2) is 41.1 Å². The van der Waals surface area contributed by atoms with Crippen molar-refractivity contribution in [1.29, 1.82) is 0 Å². The maximum Gasteiger partial charge on any atom is 0.234 e. The molecule has 0 radical (unpaired) electrons. The average Bonchev–Trinajstić information content (AvgIpc) is 2.53. The van der Waals surface area contributed by atoms with Gasteiger partial charge in [-0.05, 0) is 44.0 Å². The third-order valence-corrected chi connectivity index (χ3v) is 4.24. The van der Waals surface area contributed by atoms with Gasteiger partial charge in [0.15, 0.2) is 0 Å². The van der Waals surface area contributed by atoms with Crippen LogP contribution < -0.4 is 5.32 Å². The molecular weight excluding hydrogens is 300 g/mol. The van der Waals surface area contributed by atoms with Gasteiger partial charge in [-0.1, -0.05) is 42.5 Å². The zero-order chi connectivity index (χ0) is 17.7. The molecule has 2 aromatic rings. The molecule has 24 heavy (non-hydrogen) atoms. The molecule has 0 aliphatic rings. The van der Waals surface area contributed by atoms with Gasteiger partial charge in [0.25, 0.3) is 0 Å². The summed E-state index contributed by atoms with van der Waals surface area (Å²) in [5.41, 5.74) is 1.12. The van der Waals surface area contributed by atoms with Crippen LogP contribution in [0.15, 0.2) is 42.5 Å². The number of amides is 1. The Hall–Kier alpha value is -1.91. The molecule has 0 saturated carbocycles. The number of carbonyl (C=O) groups is 1. The number of benzene rings is 2. The Morgan fingerprint density at radius 3 is 2.42 bits per heavy atom. The highest BCUT2D eigenvalue weighted by Crippen LogP contribution is 2.23. The van der Waals surface area contributed by atoms with Crippen LogP contribution in [0.2, 0.25) is 0 Å². The topological polar surface area (TPSA) is 52.6 Å². The second-order valence-electron chi connectivity index (χ2n) is 6.73. The number of hydrogen-bond donors (Lipinski definition) is 2. The number of rotatable bonds is 7. The van der Waals surface area contributed by atoms with Gasteiger partial charge < -0.3 is 10.4 Å². The van der Waals surface area contributed by atoms with Gasteiger partial charge in [0, 0.05) is 12.6 Å². The molecule has 1 amide bonds. The van der Waals surface area contributed by atoms with E-state index < -0.39 is 6.10 Å². The maximum atomic E-state index is 12.4. The highest BCUT2D eigenvalue weighted by Gasteiger charge is 2.18. The van der Waals surface area contributed by atoms with E-state index >= 15 is 0 Å². The molecule has 0 aromatic heterocycles. The number of nitrogens with one attached hydrogen (secondary N) is 1. The van der Waals surface area contributed by atoms with Crippen LogP contribution in [-0.2, 0) is 4.79 Å². The van der Waals surface area contributed by atoms with Crippen LogP contribution in [0, 0.1) is 0 Å². The van der Waals surface area contributed by atoms with Crippen LogP contribution in [0.5, 0.6) is 0 Å². The normalized spacial score (nSPS) is 14.1. The summed E-state index contributed by atoms with van der Waals surface area (Å²) in [6.45, 7) is 8.60. The predicted octanol–water partition coefficient (Wildman–Crippen LogP) is 3.11. The fraction of sp³-hybridized carbons (Fsp3) is 0.450. The first-order chi connectivity index (χ1) is 11.4. The minimum atomic E-state index is -0.448. The van der Waals surface area contributed by atoms with E-state index in [1.165, 1.54) is 5.39 Å². The van der Waals surface area contributed by atoms with Crippen LogP contribution in [0.3, 0.4) is 0 Å². The fourth-order valence-corrected chi connectivity index (χ4v) is 2.97. The van der Waals surface area contributed by atoms with Crippen molar-refractivity contribution in [1.82, 2.24) is 10.2 Å². The summed E-state index contributed by atoms with van der Waals surface area (Å²) < 4.78 is 0. The largest absolute Gasteiger partial charge is 0.392 e. The molecule has 130 valence electrons. The van der Waals surface area contributed by atoms with Crippen molar-refractivity contribution in [2.75, 3.05) is 13.1 Å². The smallest absolute Gasteiger partial charge is 0.234 e. The van der Waals surface area contributed by atoms with E-state index in [4.69, 9.17) is 0 Å². The number of carbonyl (C=O) groups excluding carboxylic acids is 1. The zero-order valence-electron chi connectivity index (χ0n) is 15.0. The zero-order valence-corrected chi connectivity index (χ0v) is 15.0. The molecule has 0 aliphatic carbocycles. The molecular formula is C20H28N2O2. The van der Waals surface area contributed by atoms with Crippen molar-refractivity contribution in [2.24, 2.45) is 0 Å². The van der Waals surface area contributed by atoms with Crippen LogP contribution >= 0.6 is 0 Å². The fourth-order valence-electron chi connectivity index (χ4n) is 2.97. The summed E-state index contributed by atoms with van der Waals surface area (Å²) in [7, 11) is 0. The van der Waals surface area contributed by atoms with Crippen molar-refractivity contribution >= 4 is 16.7 Å². The summed E-state index contributed by atoms with van der Waals surface area (Å²) in [4.78, 5) is 14.4. The van der Waals surface area contributed by atoms with Gasteiger partial charge in [-0.15, -0.1) is 0 Å². The Kier molecular flexibility index (Phi) is 6.35. The van der Waals surface area contributed by atoms with Crippen LogP contribution in [0.4, 0.5) is 0 Å². The highest BCUT2D eigenvalue weighted by molar-refractivity contribution is 5.87. The van der Waals surface area contributed by atoms with Crippen molar-refractivity contribution < 1.29 is 9.90 Å². The van der Waals surface area contributed by atoms with E-state index in [9.17, 15) is 9.90 Å². The quantitative estimate of drug-likeness (QED) is 0.821. The summed E-state index contributed by atoms with van der Waals surface area (Å²) in [5.74, 6) is -0.0233. The number of nitrogens with zero attached hydrogens (tertiary/aromatic N) is 1. The van der Waals surface area contributed by atoms with Gasteiger partial charge in [-0.25, -0.2) is 0 Å². The third kappa shape index (κ3) is 4.79. The number of aliphatic hydroxyl groups excluding tert-OH is 1. The molecule has 2 aromatic carbocycles. The maximum absolute atomic E-state index is 12.4. The van der Waals surface area contributed by atoms with Crippen molar-refractivity contribution in [3.05, 3.63) is 48.0 Å². The molecule has 4 heteroatoms. The van der Waals surface area contributed by atoms with Gasteiger partial charge in [-0.2, -0.15) is 0 Å². The predicted molar refractivity (Wildman–Crippen MR) is 98.9 cm³/mol. The van der Waals surface area contributed by atoms with E-state index in [-0.39, 0.29) is 24.5 Å². The molecule has 2 atom stereocenters. The Bertz CT molecular complexity index is 677. The second-order valence-corrected chi connectivity index (χ2v) is 6.73. The molecule has 2 rings (SSSR count). The molecule has 0 spiro atoms. The SMILES string of the molecule is CC(O)CN(CC(=O)NC(C)c1cccc2ccccc12)C(C)C. The first-order valence-corrected chi connectivity index (χ1v) is 8.57. The third-order valence-electron chi connectivity index (χ3n) is 4.24. The van der Waals surface area contributed by atoms with Gasteiger partial charge >= 0.3 is 0 Å². The minimum Gasteiger partial charge on any atom is -0.392 e. The second kappa shape index (κ2) is 8.27. The Labute approximate surface area is 144 Å². The summed E-state index contributed by atoms with van der Waals surface area (Å²) in [5, 5.41) is 15.0. The molecule has 2 N–H and O–H groups in total. The summed E-state index contributed by atoms with van der Waals surface area (Å²) >= 11 is 0. The van der Waals surface area contributed by atoms with Gasteiger partial charge in [-0.3, -0.25) is 9.69 Å². The lowest BCUT2D eigenvalue weighted by molar-refractivity contribution is -0.123. The average molecular weight is 328 g/mol. The van der Waals surface area contributed by atoms with E-state index in [1.54, 1.807) is 6.92 Å². The number of aliphatic hydroxyl groups is 1.